The molecule has 0 N–H and O–H groups in total. The Bertz CT molecular complexity index is 358. The number of rotatable bonds is 4. The zero-order valence-corrected chi connectivity index (χ0v) is 11.4. The molecule has 0 unspecified atom stereocenters. The Morgan fingerprint density at radius 3 is 1.94 bits per heavy atom. The van der Waals surface area contributed by atoms with Crippen molar-refractivity contribution < 1.29 is 9.53 Å². The van der Waals surface area contributed by atoms with Gasteiger partial charge in [0.25, 0.3) is 0 Å². The maximum Gasteiger partial charge on any atom is 0.338 e. The van der Waals surface area contributed by atoms with E-state index >= 15 is 0 Å². The number of carbonyl (C=O) groups excluding carboxylic acids is 1. The van der Waals surface area contributed by atoms with Crippen molar-refractivity contribution in [3.8, 4) is 0 Å². The molecule has 2 heteroatoms. The lowest BCUT2D eigenvalue weighted by Gasteiger charge is -2.37. The summed E-state index contributed by atoms with van der Waals surface area (Å²) in [6.07, 6.45) is 0. The molecule has 94 valence electrons. The van der Waals surface area contributed by atoms with Crippen LogP contribution in [0.1, 0.15) is 45.0 Å². The number of hydrogen-bond donors (Lipinski definition) is 0. The second-order valence-corrected chi connectivity index (χ2v) is 5.25. The Hall–Kier alpha value is -1.31. The van der Waals surface area contributed by atoms with E-state index in [0.29, 0.717) is 5.56 Å². The summed E-state index contributed by atoms with van der Waals surface area (Å²) in [6.45, 7) is 10.3. The Morgan fingerprint density at radius 2 is 1.53 bits per heavy atom. The molecule has 2 nitrogen and oxygen atoms in total. The van der Waals surface area contributed by atoms with Gasteiger partial charge in [-0.2, -0.15) is 0 Å². The SMILES string of the molecule is CC(C)C(C)(OC(=O)c1ccccc1)C(C)C. The smallest absolute Gasteiger partial charge is 0.338 e. The van der Waals surface area contributed by atoms with Crippen molar-refractivity contribution in [2.75, 3.05) is 0 Å². The van der Waals surface area contributed by atoms with E-state index in [0.717, 1.165) is 0 Å². The molecule has 0 amide bonds. The third-order valence-corrected chi connectivity index (χ3v) is 3.61. The van der Waals surface area contributed by atoms with Crippen molar-refractivity contribution in [1.82, 2.24) is 0 Å². The maximum atomic E-state index is 12.0. The zero-order chi connectivity index (χ0) is 13.1. The van der Waals surface area contributed by atoms with Crippen LogP contribution in [0.4, 0.5) is 0 Å². The lowest BCUT2D eigenvalue weighted by atomic mass is 9.82. The van der Waals surface area contributed by atoms with E-state index in [1.165, 1.54) is 0 Å². The molecule has 0 fully saturated rings. The minimum atomic E-state index is -0.424. The number of hydrogen-bond acceptors (Lipinski definition) is 2. The molecule has 17 heavy (non-hydrogen) atoms. The summed E-state index contributed by atoms with van der Waals surface area (Å²) in [5.74, 6) is 0.334. The summed E-state index contributed by atoms with van der Waals surface area (Å²) in [7, 11) is 0. The number of ether oxygens (including phenoxy) is 1. The predicted octanol–water partition coefficient (Wildman–Crippen LogP) is 3.91. The minimum absolute atomic E-state index is 0.240. The summed E-state index contributed by atoms with van der Waals surface area (Å²) >= 11 is 0. The molecule has 0 heterocycles. The van der Waals surface area contributed by atoms with Crippen molar-refractivity contribution in [2.24, 2.45) is 11.8 Å². The maximum absolute atomic E-state index is 12.0. The van der Waals surface area contributed by atoms with Crippen LogP contribution in [-0.4, -0.2) is 11.6 Å². The Labute approximate surface area is 104 Å². The quantitative estimate of drug-likeness (QED) is 0.738. The highest BCUT2D eigenvalue weighted by molar-refractivity contribution is 5.89. The summed E-state index contributed by atoms with van der Waals surface area (Å²) in [5.41, 5.74) is 0.187. The zero-order valence-electron chi connectivity index (χ0n) is 11.4. The normalized spacial score (nSPS) is 11.9. The van der Waals surface area contributed by atoms with Gasteiger partial charge < -0.3 is 4.74 Å². The minimum Gasteiger partial charge on any atom is -0.455 e. The van der Waals surface area contributed by atoms with Gasteiger partial charge in [-0.1, -0.05) is 45.9 Å². The van der Waals surface area contributed by atoms with Crippen molar-refractivity contribution in [1.29, 1.82) is 0 Å². The van der Waals surface area contributed by atoms with E-state index in [1.807, 2.05) is 25.1 Å². The van der Waals surface area contributed by atoms with Gasteiger partial charge in [-0.3, -0.25) is 0 Å². The van der Waals surface area contributed by atoms with E-state index in [2.05, 4.69) is 27.7 Å². The van der Waals surface area contributed by atoms with Crippen LogP contribution < -0.4 is 0 Å². The fourth-order valence-electron chi connectivity index (χ4n) is 1.74. The second kappa shape index (κ2) is 5.35. The molecule has 0 saturated carbocycles. The van der Waals surface area contributed by atoms with Gasteiger partial charge in [-0.05, 0) is 30.9 Å². The lowest BCUT2D eigenvalue weighted by molar-refractivity contribution is -0.0594. The van der Waals surface area contributed by atoms with E-state index in [4.69, 9.17) is 4.74 Å². The fraction of sp³-hybridized carbons (Fsp3) is 0.533. The van der Waals surface area contributed by atoms with Gasteiger partial charge in [0.05, 0.1) is 5.56 Å². The number of carbonyl (C=O) groups is 1. The first-order valence-electron chi connectivity index (χ1n) is 6.16. The molecule has 1 aromatic carbocycles. The molecule has 0 radical (unpaired) electrons. The predicted molar refractivity (Wildman–Crippen MR) is 69.9 cm³/mol. The molecule has 1 rings (SSSR count). The first-order valence-corrected chi connectivity index (χ1v) is 6.16. The van der Waals surface area contributed by atoms with Crippen molar-refractivity contribution in [3.05, 3.63) is 35.9 Å². The van der Waals surface area contributed by atoms with Gasteiger partial charge in [0, 0.05) is 0 Å². The molecule has 0 atom stereocenters. The van der Waals surface area contributed by atoms with Crippen LogP contribution in [0.2, 0.25) is 0 Å². The van der Waals surface area contributed by atoms with E-state index < -0.39 is 5.60 Å². The third-order valence-electron chi connectivity index (χ3n) is 3.61. The van der Waals surface area contributed by atoms with Crippen LogP contribution in [0.25, 0.3) is 0 Å². The van der Waals surface area contributed by atoms with Gasteiger partial charge in [0.2, 0.25) is 0 Å². The standard InChI is InChI=1S/C15H22O2/c1-11(2)15(5,12(3)4)17-14(16)13-9-7-6-8-10-13/h6-12H,1-5H3. The van der Waals surface area contributed by atoms with E-state index in [9.17, 15) is 4.79 Å². The summed E-state index contributed by atoms with van der Waals surface area (Å²) in [4.78, 5) is 12.0. The van der Waals surface area contributed by atoms with Crippen LogP contribution in [0.15, 0.2) is 30.3 Å². The molecular formula is C15H22O2. The third kappa shape index (κ3) is 3.09. The van der Waals surface area contributed by atoms with Crippen molar-refractivity contribution in [3.63, 3.8) is 0 Å². The number of esters is 1. The lowest BCUT2D eigenvalue weighted by Crippen LogP contribution is -2.42. The highest BCUT2D eigenvalue weighted by Gasteiger charge is 2.36. The molecule has 0 aliphatic heterocycles. The second-order valence-electron chi connectivity index (χ2n) is 5.25. The first-order chi connectivity index (χ1) is 7.88. The summed E-state index contributed by atoms with van der Waals surface area (Å²) in [6, 6.07) is 9.14. The van der Waals surface area contributed by atoms with Crippen LogP contribution >= 0.6 is 0 Å². The summed E-state index contributed by atoms with van der Waals surface area (Å²) in [5, 5.41) is 0. The van der Waals surface area contributed by atoms with Gasteiger partial charge >= 0.3 is 5.97 Å². The highest BCUT2D eigenvalue weighted by Crippen LogP contribution is 2.30. The number of benzene rings is 1. The van der Waals surface area contributed by atoms with Crippen molar-refractivity contribution in [2.45, 2.75) is 40.2 Å². The molecule has 0 saturated heterocycles. The Morgan fingerprint density at radius 1 is 1.06 bits per heavy atom. The molecule has 1 aromatic rings. The van der Waals surface area contributed by atoms with E-state index in [1.54, 1.807) is 12.1 Å². The molecule has 0 bridgehead atoms. The van der Waals surface area contributed by atoms with Gasteiger partial charge in [0.15, 0.2) is 0 Å². The van der Waals surface area contributed by atoms with Crippen LogP contribution in [0.3, 0.4) is 0 Å². The topological polar surface area (TPSA) is 26.3 Å². The van der Waals surface area contributed by atoms with Gasteiger partial charge in [0.1, 0.15) is 5.60 Å². The molecular weight excluding hydrogens is 212 g/mol. The first kappa shape index (κ1) is 13.8. The average molecular weight is 234 g/mol. The van der Waals surface area contributed by atoms with Crippen LogP contribution in [0, 0.1) is 11.8 Å². The average Bonchev–Trinajstić information content (AvgIpc) is 2.29. The molecule has 0 aliphatic rings. The molecule has 0 spiro atoms. The largest absolute Gasteiger partial charge is 0.455 e. The van der Waals surface area contributed by atoms with Gasteiger partial charge in [-0.25, -0.2) is 4.79 Å². The Kier molecular flexibility index (Phi) is 4.33. The van der Waals surface area contributed by atoms with E-state index in [-0.39, 0.29) is 17.8 Å². The molecule has 0 aromatic heterocycles. The van der Waals surface area contributed by atoms with Gasteiger partial charge in [-0.15, -0.1) is 0 Å². The highest BCUT2D eigenvalue weighted by atomic mass is 16.6. The van der Waals surface area contributed by atoms with Crippen LogP contribution in [-0.2, 0) is 4.74 Å². The summed E-state index contributed by atoms with van der Waals surface area (Å²) < 4.78 is 5.71. The molecule has 0 aliphatic carbocycles. The van der Waals surface area contributed by atoms with Crippen molar-refractivity contribution >= 4 is 5.97 Å². The van der Waals surface area contributed by atoms with Crippen LogP contribution in [0.5, 0.6) is 0 Å². The Balaban J connectivity index is 2.86. The monoisotopic (exact) mass is 234 g/mol. The fourth-order valence-corrected chi connectivity index (χ4v) is 1.74.